The molecule has 0 saturated heterocycles. The second kappa shape index (κ2) is 24.3. The van der Waals surface area contributed by atoms with E-state index in [4.69, 9.17) is 13.8 Å². The molecule has 0 aliphatic rings. The van der Waals surface area contributed by atoms with E-state index in [2.05, 4.69) is 19.2 Å². The molecule has 228 valence electrons. The van der Waals surface area contributed by atoms with Crippen molar-refractivity contribution in [3.63, 3.8) is 0 Å². The molecule has 38 heavy (non-hydrogen) atoms. The topological polar surface area (TPSA) is 94.1 Å². The zero-order chi connectivity index (χ0) is 28.5. The summed E-state index contributed by atoms with van der Waals surface area (Å²) in [4.78, 5) is 22.4. The van der Waals surface area contributed by atoms with Gasteiger partial charge in [0.15, 0.2) is 0 Å². The summed E-state index contributed by atoms with van der Waals surface area (Å²) in [7, 11) is 1.77. The molecule has 0 aliphatic heterocycles. The van der Waals surface area contributed by atoms with Crippen molar-refractivity contribution >= 4 is 13.7 Å². The molecule has 1 amide bonds. The smallest absolute Gasteiger partial charge is 0.374 e. The Balaban J connectivity index is 4.24. The number of nitrogens with zero attached hydrogens (tertiary/aromatic N) is 1. The maximum atomic E-state index is 12.4. The first kappa shape index (κ1) is 37.5. The largest absolute Gasteiger partial charge is 0.472 e. The van der Waals surface area contributed by atoms with Crippen LogP contribution in [0.25, 0.3) is 0 Å². The molecule has 0 aromatic rings. The van der Waals surface area contributed by atoms with Gasteiger partial charge in [-0.1, -0.05) is 104 Å². The zero-order valence-electron chi connectivity index (χ0n) is 25.5. The Kier molecular flexibility index (Phi) is 24.0. The molecule has 2 unspecified atom stereocenters. The van der Waals surface area contributed by atoms with Crippen molar-refractivity contribution in [1.82, 2.24) is 5.32 Å². The highest BCUT2D eigenvalue weighted by molar-refractivity contribution is 7.47. The highest BCUT2D eigenvalue weighted by Gasteiger charge is 2.25. The molecule has 0 bridgehead atoms. The van der Waals surface area contributed by atoms with Crippen molar-refractivity contribution in [3.8, 4) is 0 Å². The minimum atomic E-state index is -4.18. The van der Waals surface area contributed by atoms with Crippen LogP contribution in [0.3, 0.4) is 0 Å². The summed E-state index contributed by atoms with van der Waals surface area (Å²) in [6.45, 7) is 5.81. The normalized spacial score (nSPS) is 14.4. The Hall–Kier alpha value is -0.500. The van der Waals surface area contributed by atoms with E-state index in [1.54, 1.807) is 0 Å². The SMILES string of the molecule is CCCCCCCCCCCCCC(=O)NCC(COP(=O)(O)OCC[N+](C)(C)C)OCCCCCCC. The molecular weight excluding hydrogens is 503 g/mol. The van der Waals surface area contributed by atoms with Gasteiger partial charge in [-0.25, -0.2) is 4.57 Å². The average Bonchev–Trinajstić information content (AvgIpc) is 2.84. The Bertz CT molecular complexity index is 600. The number of phosphoric ester groups is 1. The number of carbonyl (C=O) groups is 1. The number of likely N-dealkylation sites (N-methyl/N-ethyl adjacent to an activating group) is 1. The van der Waals surface area contributed by atoms with E-state index in [1.165, 1.54) is 77.0 Å². The fourth-order valence-electron chi connectivity index (χ4n) is 4.03. The van der Waals surface area contributed by atoms with Gasteiger partial charge in [0.2, 0.25) is 5.91 Å². The Morgan fingerprint density at radius 1 is 0.763 bits per heavy atom. The molecule has 0 saturated carbocycles. The molecular formula is C29H62N2O6P+. The van der Waals surface area contributed by atoms with Gasteiger partial charge in [-0.3, -0.25) is 13.8 Å². The number of quaternary nitrogens is 1. The minimum absolute atomic E-state index is 0.0103. The van der Waals surface area contributed by atoms with E-state index >= 15 is 0 Å². The van der Waals surface area contributed by atoms with Gasteiger partial charge in [0.1, 0.15) is 13.2 Å². The summed E-state index contributed by atoms with van der Waals surface area (Å²) in [5, 5.41) is 2.92. The molecule has 0 aromatic carbocycles. The lowest BCUT2D eigenvalue weighted by Crippen LogP contribution is -2.37. The van der Waals surface area contributed by atoms with Crippen LogP contribution in [-0.4, -0.2) is 75.4 Å². The van der Waals surface area contributed by atoms with Crippen LogP contribution >= 0.6 is 7.82 Å². The van der Waals surface area contributed by atoms with Crippen LogP contribution < -0.4 is 5.32 Å². The van der Waals surface area contributed by atoms with E-state index in [0.29, 0.717) is 24.1 Å². The van der Waals surface area contributed by atoms with Crippen LogP contribution in [0.1, 0.15) is 123 Å². The highest BCUT2D eigenvalue weighted by Crippen LogP contribution is 2.43. The minimum Gasteiger partial charge on any atom is -0.374 e. The Labute approximate surface area is 234 Å². The van der Waals surface area contributed by atoms with Gasteiger partial charge in [-0.15, -0.1) is 0 Å². The third-order valence-electron chi connectivity index (χ3n) is 6.58. The first-order valence-electron chi connectivity index (χ1n) is 15.4. The summed E-state index contributed by atoms with van der Waals surface area (Å²) in [6, 6.07) is 0. The molecule has 0 spiro atoms. The first-order chi connectivity index (χ1) is 18.1. The number of carbonyl (C=O) groups excluding carboxylic acids is 1. The predicted molar refractivity (Wildman–Crippen MR) is 157 cm³/mol. The van der Waals surface area contributed by atoms with E-state index in [9.17, 15) is 14.3 Å². The number of unbranched alkanes of at least 4 members (excludes halogenated alkanes) is 14. The average molecular weight is 566 g/mol. The Morgan fingerprint density at radius 2 is 1.26 bits per heavy atom. The second-order valence-corrected chi connectivity index (χ2v) is 13.1. The van der Waals surface area contributed by atoms with Crippen molar-refractivity contribution in [1.29, 1.82) is 0 Å². The molecule has 8 nitrogen and oxygen atoms in total. The molecule has 0 fully saturated rings. The molecule has 0 radical (unpaired) electrons. The lowest BCUT2D eigenvalue weighted by atomic mass is 10.1. The van der Waals surface area contributed by atoms with E-state index in [1.807, 2.05) is 21.1 Å². The quantitative estimate of drug-likeness (QED) is 0.0603. The van der Waals surface area contributed by atoms with Crippen molar-refractivity contribution in [2.75, 3.05) is 54.1 Å². The van der Waals surface area contributed by atoms with Gasteiger partial charge in [0.05, 0.1) is 33.9 Å². The zero-order valence-corrected chi connectivity index (χ0v) is 26.4. The molecule has 0 aromatic heterocycles. The molecule has 9 heteroatoms. The predicted octanol–water partition coefficient (Wildman–Crippen LogP) is 7.00. The second-order valence-electron chi connectivity index (χ2n) is 11.6. The molecule has 0 aliphatic carbocycles. The third-order valence-corrected chi connectivity index (χ3v) is 7.56. The third kappa shape index (κ3) is 27.1. The lowest BCUT2D eigenvalue weighted by Gasteiger charge is -2.24. The monoisotopic (exact) mass is 565 g/mol. The van der Waals surface area contributed by atoms with Crippen molar-refractivity contribution in [2.45, 2.75) is 129 Å². The van der Waals surface area contributed by atoms with Crippen LogP contribution in [0.15, 0.2) is 0 Å². The fourth-order valence-corrected chi connectivity index (χ4v) is 4.77. The van der Waals surface area contributed by atoms with E-state index in [0.717, 1.165) is 25.7 Å². The summed E-state index contributed by atoms with van der Waals surface area (Å²) in [5.41, 5.74) is 0. The van der Waals surface area contributed by atoms with Crippen molar-refractivity contribution in [3.05, 3.63) is 0 Å². The van der Waals surface area contributed by atoms with Crippen molar-refractivity contribution < 1.29 is 32.5 Å². The summed E-state index contributed by atoms with van der Waals surface area (Å²) in [5.74, 6) is -0.0103. The van der Waals surface area contributed by atoms with Crippen LogP contribution in [0.4, 0.5) is 0 Å². The maximum Gasteiger partial charge on any atom is 0.472 e. The molecule has 0 rings (SSSR count). The first-order valence-corrected chi connectivity index (χ1v) is 16.9. The highest BCUT2D eigenvalue weighted by atomic mass is 31.2. The van der Waals surface area contributed by atoms with E-state index in [-0.39, 0.29) is 25.7 Å². The van der Waals surface area contributed by atoms with Crippen molar-refractivity contribution in [2.24, 2.45) is 0 Å². The number of ether oxygens (including phenoxy) is 1. The lowest BCUT2D eigenvalue weighted by molar-refractivity contribution is -0.870. The number of hydrogen-bond acceptors (Lipinski definition) is 5. The van der Waals surface area contributed by atoms with Gasteiger partial charge >= 0.3 is 7.82 Å². The number of hydrogen-bond donors (Lipinski definition) is 2. The van der Waals surface area contributed by atoms with Gasteiger partial charge in [0.25, 0.3) is 0 Å². The fraction of sp³-hybridized carbons (Fsp3) is 0.966. The van der Waals surface area contributed by atoms with Crippen LogP contribution in [0, 0.1) is 0 Å². The van der Waals surface area contributed by atoms with Crippen LogP contribution in [0.5, 0.6) is 0 Å². The van der Waals surface area contributed by atoms with E-state index < -0.39 is 13.9 Å². The van der Waals surface area contributed by atoms with Gasteiger partial charge < -0.3 is 19.4 Å². The summed E-state index contributed by atoms with van der Waals surface area (Å²) >= 11 is 0. The van der Waals surface area contributed by atoms with Crippen LogP contribution in [-0.2, 0) is 23.1 Å². The van der Waals surface area contributed by atoms with Gasteiger partial charge in [-0.2, -0.15) is 0 Å². The molecule has 2 N–H and O–H groups in total. The van der Waals surface area contributed by atoms with Gasteiger partial charge in [-0.05, 0) is 12.8 Å². The number of rotatable bonds is 28. The summed E-state index contributed by atoms with van der Waals surface area (Å²) < 4.78 is 29.1. The summed E-state index contributed by atoms with van der Waals surface area (Å²) in [6.07, 6.45) is 19.3. The standard InChI is InChI=1S/C29H61N2O6P/c1-6-8-10-12-13-14-15-16-17-18-20-22-29(32)30-26-28(35-24-21-19-11-9-7-2)27-37-38(33,34)36-25-23-31(3,4)5/h28H,6-27H2,1-5H3,(H-,30,32,33,34)/p+1. The number of nitrogens with one attached hydrogen (secondary N) is 1. The Morgan fingerprint density at radius 3 is 1.79 bits per heavy atom. The molecule has 2 atom stereocenters. The maximum absolute atomic E-state index is 12.4. The molecule has 0 heterocycles. The number of amides is 1. The van der Waals surface area contributed by atoms with Gasteiger partial charge in [0, 0.05) is 19.6 Å². The van der Waals surface area contributed by atoms with Crippen LogP contribution in [0.2, 0.25) is 0 Å². The number of phosphoric acid groups is 1.